The molecule has 164 valence electrons. The van der Waals surface area contributed by atoms with E-state index in [1.165, 1.54) is 30.2 Å². The highest BCUT2D eigenvalue weighted by Crippen LogP contribution is 2.32. The summed E-state index contributed by atoms with van der Waals surface area (Å²) in [6.07, 6.45) is 0. The van der Waals surface area contributed by atoms with Crippen molar-refractivity contribution in [2.24, 2.45) is 0 Å². The van der Waals surface area contributed by atoms with E-state index in [0.29, 0.717) is 11.2 Å². The lowest BCUT2D eigenvalue weighted by Gasteiger charge is -2.25. The van der Waals surface area contributed by atoms with E-state index < -0.39 is 23.5 Å². The fraction of sp³-hybridized carbons (Fsp3) is 0.318. The number of halogens is 2. The maximum Gasteiger partial charge on any atom is 0.338 e. The molecule has 0 aliphatic rings. The van der Waals surface area contributed by atoms with Crippen LogP contribution in [0.3, 0.4) is 0 Å². The van der Waals surface area contributed by atoms with Crippen LogP contribution in [-0.2, 0) is 4.74 Å². The molecule has 1 amide bonds. The molecular formula is C22H23F2N3O3S. The van der Waals surface area contributed by atoms with Gasteiger partial charge in [-0.15, -0.1) is 0 Å². The largest absolute Gasteiger partial charge is 0.465 e. The third-order valence-corrected chi connectivity index (χ3v) is 6.00. The smallest absolute Gasteiger partial charge is 0.338 e. The molecular weight excluding hydrogens is 424 g/mol. The Kier molecular flexibility index (Phi) is 7.29. The van der Waals surface area contributed by atoms with Gasteiger partial charge in [-0.05, 0) is 31.3 Å². The molecule has 0 unspecified atom stereocenters. The third-order valence-electron chi connectivity index (χ3n) is 4.97. The minimum Gasteiger partial charge on any atom is -0.465 e. The minimum absolute atomic E-state index is 0.00305. The van der Waals surface area contributed by atoms with E-state index in [1.54, 1.807) is 12.1 Å². The summed E-state index contributed by atoms with van der Waals surface area (Å²) < 4.78 is 33.0. The van der Waals surface area contributed by atoms with Gasteiger partial charge in [0, 0.05) is 19.2 Å². The van der Waals surface area contributed by atoms with E-state index in [2.05, 4.69) is 9.88 Å². The number of nitrogens with zero attached hydrogens (tertiary/aromatic N) is 3. The van der Waals surface area contributed by atoms with Crippen molar-refractivity contribution < 1.29 is 23.1 Å². The predicted octanol–water partition coefficient (Wildman–Crippen LogP) is 4.35. The quantitative estimate of drug-likeness (QED) is 0.481. The van der Waals surface area contributed by atoms with Gasteiger partial charge >= 0.3 is 5.97 Å². The molecule has 0 aliphatic carbocycles. The number of thiazole rings is 1. The molecule has 0 atom stereocenters. The molecule has 2 aromatic carbocycles. The van der Waals surface area contributed by atoms with Crippen LogP contribution in [0, 0.1) is 11.6 Å². The molecule has 0 saturated carbocycles. The molecule has 9 heteroatoms. The first-order valence-corrected chi connectivity index (χ1v) is 10.7. The van der Waals surface area contributed by atoms with Crippen LogP contribution in [0.25, 0.3) is 10.2 Å². The van der Waals surface area contributed by atoms with E-state index >= 15 is 0 Å². The zero-order valence-electron chi connectivity index (χ0n) is 17.5. The lowest BCUT2D eigenvalue weighted by molar-refractivity contribution is 0.0597. The summed E-state index contributed by atoms with van der Waals surface area (Å²) in [6.45, 7) is 6.41. The average molecular weight is 448 g/mol. The second-order valence-electron chi connectivity index (χ2n) is 6.75. The van der Waals surface area contributed by atoms with Crippen LogP contribution in [0.4, 0.5) is 13.9 Å². The highest BCUT2D eigenvalue weighted by molar-refractivity contribution is 7.22. The van der Waals surface area contributed by atoms with Crippen LogP contribution in [-0.4, -0.2) is 55.0 Å². The van der Waals surface area contributed by atoms with Crippen LogP contribution in [0.2, 0.25) is 0 Å². The lowest BCUT2D eigenvalue weighted by Crippen LogP contribution is -2.39. The molecule has 3 rings (SSSR count). The molecule has 0 aliphatic heterocycles. The monoisotopic (exact) mass is 447 g/mol. The fourth-order valence-corrected chi connectivity index (χ4v) is 4.26. The van der Waals surface area contributed by atoms with Crippen molar-refractivity contribution in [1.29, 1.82) is 0 Å². The number of fused-ring (bicyclic) bond motifs is 1. The Balaban J connectivity index is 2.06. The number of rotatable bonds is 8. The van der Waals surface area contributed by atoms with Crippen molar-refractivity contribution in [2.45, 2.75) is 13.8 Å². The number of anilines is 1. The second-order valence-corrected chi connectivity index (χ2v) is 7.76. The zero-order valence-corrected chi connectivity index (χ0v) is 18.3. The van der Waals surface area contributed by atoms with Crippen molar-refractivity contribution in [3.63, 3.8) is 0 Å². The Labute approximate surface area is 183 Å². The molecule has 0 saturated heterocycles. The maximum atomic E-state index is 14.2. The number of carbonyl (C=O) groups is 2. The molecule has 3 aromatic rings. The first kappa shape index (κ1) is 22.8. The zero-order chi connectivity index (χ0) is 22.5. The van der Waals surface area contributed by atoms with Crippen LogP contribution >= 0.6 is 11.3 Å². The number of carbonyl (C=O) groups excluding carboxylic acids is 2. The van der Waals surface area contributed by atoms with Crippen molar-refractivity contribution in [1.82, 2.24) is 9.88 Å². The first-order chi connectivity index (χ1) is 14.9. The summed E-state index contributed by atoms with van der Waals surface area (Å²) in [5.74, 6) is -2.60. The molecule has 1 heterocycles. The lowest BCUT2D eigenvalue weighted by atomic mass is 10.1. The molecule has 31 heavy (non-hydrogen) atoms. The molecule has 0 N–H and O–H groups in total. The fourth-order valence-electron chi connectivity index (χ4n) is 3.23. The maximum absolute atomic E-state index is 14.2. The molecule has 0 radical (unpaired) electrons. The van der Waals surface area contributed by atoms with Crippen LogP contribution in [0.15, 0.2) is 36.4 Å². The summed E-state index contributed by atoms with van der Waals surface area (Å²) >= 11 is 1.02. The van der Waals surface area contributed by atoms with Crippen LogP contribution in [0.5, 0.6) is 0 Å². The minimum atomic E-state index is -0.788. The van der Waals surface area contributed by atoms with E-state index in [0.717, 1.165) is 30.5 Å². The summed E-state index contributed by atoms with van der Waals surface area (Å²) in [4.78, 5) is 33.5. The number of hydrogen-bond donors (Lipinski definition) is 0. The number of ether oxygens (including phenoxy) is 1. The van der Waals surface area contributed by atoms with Gasteiger partial charge in [0.2, 0.25) is 0 Å². The Hall–Kier alpha value is -2.91. The van der Waals surface area contributed by atoms with Gasteiger partial charge in [0.15, 0.2) is 10.9 Å². The number of amides is 1. The number of esters is 1. The van der Waals surface area contributed by atoms with Crippen molar-refractivity contribution >= 4 is 38.6 Å². The van der Waals surface area contributed by atoms with Crippen LogP contribution in [0.1, 0.15) is 34.6 Å². The van der Waals surface area contributed by atoms with Gasteiger partial charge in [-0.2, -0.15) is 0 Å². The van der Waals surface area contributed by atoms with Crippen molar-refractivity contribution in [3.8, 4) is 0 Å². The van der Waals surface area contributed by atoms with Crippen LogP contribution < -0.4 is 4.90 Å². The number of aromatic nitrogens is 1. The Morgan fingerprint density at radius 2 is 1.74 bits per heavy atom. The van der Waals surface area contributed by atoms with Crippen molar-refractivity contribution in [3.05, 3.63) is 59.2 Å². The summed E-state index contributed by atoms with van der Waals surface area (Å²) in [5.41, 5.74) is 0.282. The van der Waals surface area contributed by atoms with Gasteiger partial charge in [0.1, 0.15) is 11.3 Å². The Morgan fingerprint density at radius 3 is 2.39 bits per heavy atom. The number of likely N-dealkylation sites (N-methyl/N-ethyl adjacent to an activating group) is 1. The molecule has 0 bridgehead atoms. The highest BCUT2D eigenvalue weighted by atomic mass is 32.1. The SMILES string of the molecule is CCN(CC)CCN(C(=O)c1ccccc1C(=O)OC)c1nc2c(F)cc(F)cc2s1. The molecule has 1 aromatic heterocycles. The first-order valence-electron chi connectivity index (χ1n) is 9.86. The summed E-state index contributed by atoms with van der Waals surface area (Å²) in [5, 5.41) is 0.233. The standard InChI is InChI=1S/C22H23F2N3O3S/c1-4-26(5-2)10-11-27(20(28)15-8-6-7-9-16(15)21(29)30-3)22-25-19-17(24)12-14(23)13-18(19)31-22/h6-9,12-13H,4-5,10-11H2,1-3H3. The van der Waals surface area contributed by atoms with Gasteiger partial charge in [0.05, 0.1) is 22.9 Å². The van der Waals surface area contributed by atoms with Gasteiger partial charge in [-0.25, -0.2) is 18.6 Å². The predicted molar refractivity (Wildman–Crippen MR) is 117 cm³/mol. The normalized spacial score (nSPS) is 11.2. The summed E-state index contributed by atoms with van der Waals surface area (Å²) in [6, 6.07) is 8.28. The number of methoxy groups -OCH3 is 1. The van der Waals surface area contributed by atoms with Gasteiger partial charge in [0.25, 0.3) is 5.91 Å². The summed E-state index contributed by atoms with van der Waals surface area (Å²) in [7, 11) is 1.24. The van der Waals surface area contributed by atoms with E-state index in [4.69, 9.17) is 4.74 Å². The van der Waals surface area contributed by atoms with Gasteiger partial charge in [-0.3, -0.25) is 9.69 Å². The molecule has 0 spiro atoms. The van der Waals surface area contributed by atoms with Gasteiger partial charge < -0.3 is 9.64 Å². The molecule has 6 nitrogen and oxygen atoms in total. The van der Waals surface area contributed by atoms with E-state index in [9.17, 15) is 18.4 Å². The molecule has 0 fully saturated rings. The van der Waals surface area contributed by atoms with Gasteiger partial charge in [-0.1, -0.05) is 37.3 Å². The number of benzene rings is 2. The Bertz CT molecular complexity index is 1100. The van der Waals surface area contributed by atoms with E-state index in [1.807, 2.05) is 13.8 Å². The number of hydrogen-bond acceptors (Lipinski definition) is 6. The Morgan fingerprint density at radius 1 is 1.06 bits per heavy atom. The highest BCUT2D eigenvalue weighted by Gasteiger charge is 2.26. The van der Waals surface area contributed by atoms with E-state index in [-0.39, 0.29) is 28.3 Å². The van der Waals surface area contributed by atoms with Crippen molar-refractivity contribution in [2.75, 3.05) is 38.2 Å². The topological polar surface area (TPSA) is 62.7 Å². The second kappa shape index (κ2) is 9.93. The average Bonchev–Trinajstić information content (AvgIpc) is 3.20. The third kappa shape index (κ3) is 4.88.